The van der Waals surface area contributed by atoms with Crippen molar-refractivity contribution >= 4 is 0 Å². The zero-order valence-electron chi connectivity index (χ0n) is 10.5. The van der Waals surface area contributed by atoms with E-state index in [1.165, 1.54) is 45.1 Å². The second kappa shape index (κ2) is 5.34. The molecule has 0 bridgehead atoms. The van der Waals surface area contributed by atoms with Crippen LogP contribution in [0.15, 0.2) is 0 Å². The van der Waals surface area contributed by atoms with Crippen LogP contribution in [0.4, 0.5) is 0 Å². The third-order valence-electron chi connectivity index (χ3n) is 4.53. The summed E-state index contributed by atoms with van der Waals surface area (Å²) in [7, 11) is 0. The lowest BCUT2D eigenvalue weighted by Crippen LogP contribution is -2.33. The van der Waals surface area contributed by atoms with Crippen molar-refractivity contribution in [2.24, 2.45) is 17.8 Å². The van der Waals surface area contributed by atoms with Gasteiger partial charge in [0.15, 0.2) is 0 Å². The summed E-state index contributed by atoms with van der Waals surface area (Å²) in [5, 5.41) is 3.78. The molecule has 0 amide bonds. The minimum Gasteiger partial charge on any atom is -0.314 e. The molecule has 1 nitrogen and oxygen atoms in total. The molecule has 0 aromatic rings. The zero-order chi connectivity index (χ0) is 10.7. The summed E-state index contributed by atoms with van der Waals surface area (Å²) < 4.78 is 0. The highest BCUT2D eigenvalue weighted by molar-refractivity contribution is 4.89. The Morgan fingerprint density at radius 3 is 2.73 bits per heavy atom. The van der Waals surface area contributed by atoms with E-state index in [0.29, 0.717) is 0 Å². The van der Waals surface area contributed by atoms with Crippen molar-refractivity contribution in [2.75, 3.05) is 6.54 Å². The van der Waals surface area contributed by atoms with Gasteiger partial charge < -0.3 is 5.32 Å². The predicted octanol–water partition coefficient (Wildman–Crippen LogP) is 3.59. The minimum absolute atomic E-state index is 0.834. The maximum atomic E-state index is 3.78. The van der Waals surface area contributed by atoms with Crippen molar-refractivity contribution < 1.29 is 0 Å². The van der Waals surface area contributed by atoms with Crippen LogP contribution in [0, 0.1) is 17.8 Å². The third-order valence-corrected chi connectivity index (χ3v) is 4.53. The summed E-state index contributed by atoms with van der Waals surface area (Å²) in [6, 6.07) is 0.834. The summed E-state index contributed by atoms with van der Waals surface area (Å²) >= 11 is 0. The first-order valence-electron chi connectivity index (χ1n) is 7.03. The monoisotopic (exact) mass is 209 g/mol. The van der Waals surface area contributed by atoms with Crippen LogP contribution >= 0.6 is 0 Å². The lowest BCUT2D eigenvalue weighted by Gasteiger charge is -2.22. The maximum absolute atomic E-state index is 3.78. The van der Waals surface area contributed by atoms with Crippen LogP contribution < -0.4 is 5.32 Å². The normalized spacial score (nSPS) is 37.6. The molecular formula is C14H27N. The lowest BCUT2D eigenvalue weighted by molar-refractivity contribution is 0.358. The fourth-order valence-electron chi connectivity index (χ4n) is 2.92. The molecule has 2 saturated carbocycles. The van der Waals surface area contributed by atoms with Crippen LogP contribution in [0.5, 0.6) is 0 Å². The topological polar surface area (TPSA) is 12.0 Å². The molecule has 0 radical (unpaired) electrons. The molecule has 0 aliphatic heterocycles. The Balaban J connectivity index is 1.66. The van der Waals surface area contributed by atoms with Crippen molar-refractivity contribution in [3.05, 3.63) is 0 Å². The van der Waals surface area contributed by atoms with Gasteiger partial charge in [-0.25, -0.2) is 0 Å². The molecule has 2 fully saturated rings. The Labute approximate surface area is 95.0 Å². The predicted molar refractivity (Wildman–Crippen MR) is 65.9 cm³/mol. The molecule has 0 aromatic carbocycles. The maximum Gasteiger partial charge on any atom is 0.00672 e. The van der Waals surface area contributed by atoms with E-state index in [4.69, 9.17) is 0 Å². The summed E-state index contributed by atoms with van der Waals surface area (Å²) in [6.45, 7) is 5.88. The van der Waals surface area contributed by atoms with Crippen LogP contribution in [0.3, 0.4) is 0 Å². The molecule has 2 aliphatic rings. The number of rotatable bonds is 4. The van der Waals surface area contributed by atoms with E-state index in [-0.39, 0.29) is 0 Å². The Morgan fingerprint density at radius 1 is 1.13 bits per heavy atom. The molecule has 4 atom stereocenters. The Hall–Kier alpha value is -0.0400. The van der Waals surface area contributed by atoms with Crippen LogP contribution in [-0.4, -0.2) is 12.6 Å². The van der Waals surface area contributed by atoms with E-state index in [1.807, 2.05) is 0 Å². The van der Waals surface area contributed by atoms with Crippen molar-refractivity contribution in [3.8, 4) is 0 Å². The van der Waals surface area contributed by atoms with Crippen LogP contribution in [0.1, 0.15) is 58.8 Å². The molecule has 0 spiro atoms. The summed E-state index contributed by atoms with van der Waals surface area (Å²) in [5.74, 6) is 3.11. The average Bonchev–Trinajstić information content (AvgIpc) is 2.94. The second-order valence-corrected chi connectivity index (χ2v) is 5.88. The third kappa shape index (κ3) is 3.48. The van der Waals surface area contributed by atoms with Gasteiger partial charge in [-0.15, -0.1) is 0 Å². The number of nitrogens with one attached hydrogen (secondary N) is 1. The molecule has 15 heavy (non-hydrogen) atoms. The standard InChI is InChI=1S/C14H27N/c1-3-11(2)10-15-14-6-4-5-12-9-13(12)7-8-14/h11-15H,3-10H2,1-2H3. The van der Waals surface area contributed by atoms with Crippen LogP contribution in [0.25, 0.3) is 0 Å². The summed E-state index contributed by atoms with van der Waals surface area (Å²) in [6.07, 6.45) is 10.2. The quantitative estimate of drug-likeness (QED) is 0.746. The smallest absolute Gasteiger partial charge is 0.00672 e. The van der Waals surface area contributed by atoms with E-state index in [9.17, 15) is 0 Å². The first-order chi connectivity index (χ1) is 7.29. The van der Waals surface area contributed by atoms with Gasteiger partial charge in [0.2, 0.25) is 0 Å². The highest BCUT2D eigenvalue weighted by Crippen LogP contribution is 2.47. The van der Waals surface area contributed by atoms with Gasteiger partial charge >= 0.3 is 0 Å². The Bertz CT molecular complexity index is 190. The van der Waals surface area contributed by atoms with E-state index in [1.54, 1.807) is 6.42 Å². The molecule has 1 N–H and O–H groups in total. The molecule has 4 unspecified atom stereocenters. The molecular weight excluding hydrogens is 182 g/mol. The van der Waals surface area contributed by atoms with E-state index in [2.05, 4.69) is 19.2 Å². The van der Waals surface area contributed by atoms with E-state index >= 15 is 0 Å². The lowest BCUT2D eigenvalue weighted by atomic mass is 9.96. The van der Waals surface area contributed by atoms with Gasteiger partial charge in [-0.1, -0.05) is 33.1 Å². The molecule has 2 aliphatic carbocycles. The van der Waals surface area contributed by atoms with E-state index < -0.39 is 0 Å². The highest BCUT2D eigenvalue weighted by atomic mass is 14.9. The number of hydrogen-bond acceptors (Lipinski definition) is 1. The van der Waals surface area contributed by atoms with Crippen LogP contribution in [0.2, 0.25) is 0 Å². The van der Waals surface area contributed by atoms with Crippen molar-refractivity contribution in [1.82, 2.24) is 5.32 Å². The molecule has 1 heteroatoms. The largest absolute Gasteiger partial charge is 0.314 e. The Morgan fingerprint density at radius 2 is 1.93 bits per heavy atom. The van der Waals surface area contributed by atoms with E-state index in [0.717, 1.165) is 23.8 Å². The SMILES string of the molecule is CCC(C)CNC1CCCC2CC2CC1. The van der Waals surface area contributed by atoms with Gasteiger partial charge in [-0.05, 0) is 50.0 Å². The number of fused-ring (bicyclic) bond motifs is 1. The molecule has 0 saturated heterocycles. The Kier molecular flexibility index (Phi) is 4.07. The van der Waals surface area contributed by atoms with Gasteiger partial charge in [-0.3, -0.25) is 0 Å². The second-order valence-electron chi connectivity index (χ2n) is 5.88. The van der Waals surface area contributed by atoms with Crippen LogP contribution in [-0.2, 0) is 0 Å². The first-order valence-corrected chi connectivity index (χ1v) is 7.03. The zero-order valence-corrected chi connectivity index (χ0v) is 10.5. The average molecular weight is 209 g/mol. The molecule has 88 valence electrons. The van der Waals surface area contributed by atoms with Crippen molar-refractivity contribution in [2.45, 2.75) is 64.8 Å². The first kappa shape index (κ1) is 11.4. The minimum atomic E-state index is 0.834. The summed E-state index contributed by atoms with van der Waals surface area (Å²) in [4.78, 5) is 0. The van der Waals surface area contributed by atoms with Crippen molar-refractivity contribution in [3.63, 3.8) is 0 Å². The van der Waals surface area contributed by atoms with Gasteiger partial charge in [0, 0.05) is 6.04 Å². The van der Waals surface area contributed by atoms with Gasteiger partial charge in [-0.2, -0.15) is 0 Å². The van der Waals surface area contributed by atoms with Gasteiger partial charge in [0.1, 0.15) is 0 Å². The molecule has 0 aromatic heterocycles. The fraction of sp³-hybridized carbons (Fsp3) is 1.00. The summed E-state index contributed by atoms with van der Waals surface area (Å²) in [5.41, 5.74) is 0. The van der Waals surface area contributed by atoms with Gasteiger partial charge in [0.25, 0.3) is 0 Å². The highest BCUT2D eigenvalue weighted by Gasteiger charge is 2.37. The number of hydrogen-bond donors (Lipinski definition) is 1. The van der Waals surface area contributed by atoms with Gasteiger partial charge in [0.05, 0.1) is 0 Å². The molecule has 0 heterocycles. The fourth-order valence-corrected chi connectivity index (χ4v) is 2.92. The van der Waals surface area contributed by atoms with Crippen molar-refractivity contribution in [1.29, 1.82) is 0 Å². The molecule has 2 rings (SSSR count).